The SMILES string of the molecule is CCOC(CCNC(=NC)NCC1(C)CCCO1)C1CCCC1. The molecule has 1 aliphatic heterocycles. The molecule has 2 aliphatic rings. The van der Waals surface area contributed by atoms with E-state index in [9.17, 15) is 0 Å². The van der Waals surface area contributed by atoms with Crippen molar-refractivity contribution in [1.82, 2.24) is 10.6 Å². The molecule has 2 atom stereocenters. The van der Waals surface area contributed by atoms with Gasteiger partial charge in [0, 0.05) is 33.4 Å². The number of ether oxygens (including phenoxy) is 2. The monoisotopic (exact) mass is 325 g/mol. The van der Waals surface area contributed by atoms with Crippen LogP contribution in [0.2, 0.25) is 0 Å². The summed E-state index contributed by atoms with van der Waals surface area (Å²) in [4.78, 5) is 4.32. The molecule has 1 heterocycles. The minimum atomic E-state index is -0.0463. The number of guanidine groups is 1. The highest BCUT2D eigenvalue weighted by atomic mass is 16.5. The normalized spacial score (nSPS) is 27.3. The largest absolute Gasteiger partial charge is 0.378 e. The van der Waals surface area contributed by atoms with Crippen molar-refractivity contribution in [3.8, 4) is 0 Å². The van der Waals surface area contributed by atoms with Crippen LogP contribution >= 0.6 is 0 Å². The summed E-state index contributed by atoms with van der Waals surface area (Å²) in [6, 6.07) is 0. The van der Waals surface area contributed by atoms with Crippen LogP contribution in [0.4, 0.5) is 0 Å². The van der Waals surface area contributed by atoms with Gasteiger partial charge in [-0.1, -0.05) is 12.8 Å². The van der Waals surface area contributed by atoms with Crippen LogP contribution in [-0.2, 0) is 9.47 Å². The molecule has 0 aromatic rings. The maximum absolute atomic E-state index is 5.98. The zero-order valence-electron chi connectivity index (χ0n) is 15.2. The number of nitrogens with one attached hydrogen (secondary N) is 2. The molecule has 0 aromatic heterocycles. The predicted molar refractivity (Wildman–Crippen MR) is 94.9 cm³/mol. The van der Waals surface area contributed by atoms with E-state index >= 15 is 0 Å². The van der Waals surface area contributed by atoms with E-state index < -0.39 is 0 Å². The highest BCUT2D eigenvalue weighted by Crippen LogP contribution is 2.30. The Morgan fingerprint density at radius 3 is 2.70 bits per heavy atom. The second-order valence-corrected chi connectivity index (χ2v) is 7.08. The zero-order chi connectivity index (χ0) is 16.5. The lowest BCUT2D eigenvalue weighted by atomic mass is 9.98. The molecular weight excluding hydrogens is 290 g/mol. The van der Waals surface area contributed by atoms with Crippen molar-refractivity contribution in [2.24, 2.45) is 10.9 Å². The summed E-state index contributed by atoms with van der Waals surface area (Å²) in [7, 11) is 1.82. The number of aliphatic imine (C=N–C) groups is 1. The average Bonchev–Trinajstić information content (AvgIpc) is 3.22. The minimum absolute atomic E-state index is 0.0463. The Morgan fingerprint density at radius 1 is 1.30 bits per heavy atom. The maximum atomic E-state index is 5.98. The first-order valence-electron chi connectivity index (χ1n) is 9.37. The van der Waals surface area contributed by atoms with Gasteiger partial charge in [-0.25, -0.2) is 0 Å². The van der Waals surface area contributed by atoms with E-state index in [0.717, 1.165) is 57.4 Å². The third kappa shape index (κ3) is 5.96. The maximum Gasteiger partial charge on any atom is 0.191 e. The Bertz CT molecular complexity index is 361. The molecule has 0 radical (unpaired) electrons. The van der Waals surface area contributed by atoms with Crippen molar-refractivity contribution in [1.29, 1.82) is 0 Å². The summed E-state index contributed by atoms with van der Waals surface area (Å²) in [6.07, 6.45) is 9.09. The zero-order valence-corrected chi connectivity index (χ0v) is 15.2. The second kappa shape index (κ2) is 9.48. The van der Waals surface area contributed by atoms with Crippen LogP contribution in [0.15, 0.2) is 4.99 Å². The Morgan fingerprint density at radius 2 is 2.09 bits per heavy atom. The predicted octanol–water partition coefficient (Wildman–Crippen LogP) is 2.71. The van der Waals surface area contributed by atoms with Gasteiger partial charge in [-0.3, -0.25) is 4.99 Å². The van der Waals surface area contributed by atoms with Gasteiger partial charge in [0.2, 0.25) is 0 Å². The van der Waals surface area contributed by atoms with E-state index in [1.165, 1.54) is 25.7 Å². The first-order chi connectivity index (χ1) is 11.2. The Balaban J connectivity index is 1.69. The summed E-state index contributed by atoms with van der Waals surface area (Å²) >= 11 is 0. The van der Waals surface area contributed by atoms with E-state index in [1.54, 1.807) is 0 Å². The topological polar surface area (TPSA) is 54.9 Å². The van der Waals surface area contributed by atoms with Crippen molar-refractivity contribution in [3.63, 3.8) is 0 Å². The van der Waals surface area contributed by atoms with Crippen LogP contribution in [0.1, 0.15) is 58.8 Å². The summed E-state index contributed by atoms with van der Waals surface area (Å²) < 4.78 is 11.8. The van der Waals surface area contributed by atoms with Gasteiger partial charge in [0.15, 0.2) is 5.96 Å². The van der Waals surface area contributed by atoms with Crippen molar-refractivity contribution in [2.75, 3.05) is 33.4 Å². The molecule has 1 aliphatic carbocycles. The lowest BCUT2D eigenvalue weighted by molar-refractivity contribution is 0.0167. The van der Waals surface area contributed by atoms with Gasteiger partial charge in [-0.05, 0) is 51.9 Å². The van der Waals surface area contributed by atoms with Gasteiger partial charge >= 0.3 is 0 Å². The molecule has 23 heavy (non-hydrogen) atoms. The van der Waals surface area contributed by atoms with E-state index in [-0.39, 0.29) is 5.60 Å². The van der Waals surface area contributed by atoms with Crippen molar-refractivity contribution in [2.45, 2.75) is 70.5 Å². The number of nitrogens with zero attached hydrogens (tertiary/aromatic N) is 1. The highest BCUT2D eigenvalue weighted by Gasteiger charge is 2.30. The number of rotatable bonds is 8. The summed E-state index contributed by atoms with van der Waals surface area (Å²) in [5.41, 5.74) is -0.0463. The lowest BCUT2D eigenvalue weighted by Crippen LogP contribution is -2.46. The lowest BCUT2D eigenvalue weighted by Gasteiger charge is -2.26. The van der Waals surface area contributed by atoms with Crippen LogP contribution in [-0.4, -0.2) is 51.0 Å². The molecule has 2 unspecified atom stereocenters. The molecule has 134 valence electrons. The third-order valence-electron chi connectivity index (χ3n) is 5.18. The summed E-state index contributed by atoms with van der Waals surface area (Å²) in [5, 5.41) is 6.83. The van der Waals surface area contributed by atoms with E-state index in [4.69, 9.17) is 9.47 Å². The molecule has 0 spiro atoms. The Kier molecular flexibility index (Phi) is 7.63. The van der Waals surface area contributed by atoms with Gasteiger partial charge in [0.25, 0.3) is 0 Å². The smallest absolute Gasteiger partial charge is 0.191 e. The fraction of sp³-hybridized carbons (Fsp3) is 0.944. The minimum Gasteiger partial charge on any atom is -0.378 e. The Labute approximate surface area is 141 Å². The first kappa shape index (κ1) is 18.5. The summed E-state index contributed by atoms with van der Waals surface area (Å²) in [5.74, 6) is 1.61. The van der Waals surface area contributed by atoms with Crippen molar-refractivity contribution in [3.05, 3.63) is 0 Å². The summed E-state index contributed by atoms with van der Waals surface area (Å²) in [6.45, 7) is 7.66. The highest BCUT2D eigenvalue weighted by molar-refractivity contribution is 5.79. The van der Waals surface area contributed by atoms with Gasteiger partial charge in [0.05, 0.1) is 11.7 Å². The average molecular weight is 325 g/mol. The molecule has 1 saturated carbocycles. The van der Waals surface area contributed by atoms with Crippen LogP contribution in [0.3, 0.4) is 0 Å². The molecule has 0 bridgehead atoms. The Hall–Kier alpha value is -0.810. The van der Waals surface area contributed by atoms with E-state index in [2.05, 4.69) is 29.5 Å². The molecule has 2 rings (SSSR count). The quantitative estimate of drug-likeness (QED) is 0.532. The molecule has 2 N–H and O–H groups in total. The van der Waals surface area contributed by atoms with Gasteiger partial charge in [-0.15, -0.1) is 0 Å². The molecule has 1 saturated heterocycles. The molecule has 5 nitrogen and oxygen atoms in total. The van der Waals surface area contributed by atoms with Crippen LogP contribution in [0.25, 0.3) is 0 Å². The molecule has 5 heteroatoms. The van der Waals surface area contributed by atoms with Gasteiger partial charge in [0.1, 0.15) is 0 Å². The standard InChI is InChI=1S/C18H35N3O2/c1-4-22-16(15-8-5-6-9-15)10-12-20-17(19-3)21-14-18(2)11-7-13-23-18/h15-16H,4-14H2,1-3H3,(H2,19,20,21). The number of hydrogen-bond acceptors (Lipinski definition) is 3. The van der Waals surface area contributed by atoms with Crippen LogP contribution in [0.5, 0.6) is 0 Å². The first-order valence-corrected chi connectivity index (χ1v) is 9.37. The van der Waals surface area contributed by atoms with Crippen LogP contribution < -0.4 is 10.6 Å². The molecule has 0 amide bonds. The third-order valence-corrected chi connectivity index (χ3v) is 5.18. The second-order valence-electron chi connectivity index (χ2n) is 7.08. The van der Waals surface area contributed by atoms with Gasteiger partial charge in [-0.2, -0.15) is 0 Å². The number of hydrogen-bond donors (Lipinski definition) is 2. The molecular formula is C18H35N3O2. The molecule has 2 fully saturated rings. The van der Waals surface area contributed by atoms with Gasteiger partial charge < -0.3 is 20.1 Å². The fourth-order valence-corrected chi connectivity index (χ4v) is 3.80. The molecule has 0 aromatic carbocycles. The fourth-order valence-electron chi connectivity index (χ4n) is 3.80. The van der Waals surface area contributed by atoms with E-state index in [0.29, 0.717) is 6.10 Å². The van der Waals surface area contributed by atoms with E-state index in [1.807, 2.05) is 7.05 Å². The van der Waals surface area contributed by atoms with Crippen LogP contribution in [0, 0.1) is 5.92 Å². The van der Waals surface area contributed by atoms with Crippen molar-refractivity contribution >= 4 is 5.96 Å². The van der Waals surface area contributed by atoms with Crippen molar-refractivity contribution < 1.29 is 9.47 Å².